The van der Waals surface area contributed by atoms with E-state index in [1.54, 1.807) is 0 Å². The fourth-order valence-corrected chi connectivity index (χ4v) is 2.28. The van der Waals surface area contributed by atoms with Crippen molar-refractivity contribution in [3.8, 4) is 11.4 Å². The quantitative estimate of drug-likeness (QED) is 0.803. The van der Waals surface area contributed by atoms with Crippen LogP contribution in [0.5, 0.6) is 0 Å². The third kappa shape index (κ3) is 4.26. The Kier molecular flexibility index (Phi) is 5.28. The number of carbonyl (C=O) groups excluding carboxylic acids is 1. The van der Waals surface area contributed by atoms with Crippen molar-refractivity contribution in [3.63, 3.8) is 0 Å². The number of aliphatic hydroxyl groups is 1. The Labute approximate surface area is 122 Å². The Hall–Kier alpha value is -1.94. The number of aliphatic hydroxyl groups excluding tert-OH is 1. The molecule has 0 bridgehead atoms. The van der Waals surface area contributed by atoms with Gasteiger partial charge in [0, 0.05) is 17.5 Å². The van der Waals surface area contributed by atoms with E-state index in [0.29, 0.717) is 5.82 Å². The highest BCUT2D eigenvalue weighted by atomic mass is 32.1. The van der Waals surface area contributed by atoms with Gasteiger partial charge in [0.1, 0.15) is 6.54 Å². The molecule has 0 spiro atoms. The summed E-state index contributed by atoms with van der Waals surface area (Å²) in [6.45, 7) is -1.58. The van der Waals surface area contributed by atoms with Gasteiger partial charge in [-0.25, -0.2) is 8.78 Å². The number of amides is 1. The van der Waals surface area contributed by atoms with Gasteiger partial charge in [-0.05, 0) is 16.7 Å². The van der Waals surface area contributed by atoms with E-state index in [0.717, 1.165) is 15.3 Å². The summed E-state index contributed by atoms with van der Waals surface area (Å²) in [5, 5.41) is 24.0. The molecule has 0 fully saturated rings. The first-order valence-electron chi connectivity index (χ1n) is 6.07. The predicted octanol–water partition coefficient (Wildman–Crippen LogP) is 0.488. The van der Waals surface area contributed by atoms with Crippen molar-refractivity contribution in [3.05, 3.63) is 16.8 Å². The van der Waals surface area contributed by atoms with Crippen LogP contribution in [0.3, 0.4) is 0 Å². The molecule has 114 valence electrons. The van der Waals surface area contributed by atoms with E-state index < -0.39 is 18.9 Å². The molecule has 7 nitrogen and oxygen atoms in total. The van der Waals surface area contributed by atoms with E-state index in [1.165, 1.54) is 11.3 Å². The van der Waals surface area contributed by atoms with Crippen molar-refractivity contribution >= 4 is 17.2 Å². The van der Waals surface area contributed by atoms with Crippen LogP contribution in [-0.2, 0) is 11.3 Å². The molecule has 10 heteroatoms. The second kappa shape index (κ2) is 7.18. The largest absolute Gasteiger partial charge is 0.395 e. The number of carbonyl (C=O) groups is 1. The molecular weight excluding hydrogens is 304 g/mol. The van der Waals surface area contributed by atoms with Crippen molar-refractivity contribution in [1.82, 2.24) is 25.1 Å². The topological polar surface area (TPSA) is 84.1 Å². The fraction of sp³-hybridized carbons (Fsp3) is 0.455. The monoisotopic (exact) mass is 317 g/mol. The highest BCUT2D eigenvalue weighted by Crippen LogP contribution is 2.16. The molecule has 0 saturated heterocycles. The van der Waals surface area contributed by atoms with Gasteiger partial charge in [0.2, 0.25) is 11.7 Å². The maximum absolute atomic E-state index is 12.4. The molecule has 0 aliphatic heterocycles. The first kappa shape index (κ1) is 15.4. The molecule has 1 amide bonds. The average Bonchev–Trinajstić information content (AvgIpc) is 3.07. The molecule has 2 aromatic rings. The molecule has 1 N–H and O–H groups in total. The lowest BCUT2D eigenvalue weighted by molar-refractivity contribution is -0.134. The number of tetrazole rings is 1. The Balaban J connectivity index is 2.01. The van der Waals surface area contributed by atoms with E-state index in [1.807, 2.05) is 16.8 Å². The predicted molar refractivity (Wildman–Crippen MR) is 70.8 cm³/mol. The SMILES string of the molecule is O=C(Cn1nnc(-c2ccsc2)n1)N(CCO)CC(F)F. The minimum atomic E-state index is -2.66. The van der Waals surface area contributed by atoms with Crippen LogP contribution in [0.1, 0.15) is 0 Å². The van der Waals surface area contributed by atoms with Gasteiger partial charge < -0.3 is 10.0 Å². The lowest BCUT2D eigenvalue weighted by Gasteiger charge is -2.20. The zero-order chi connectivity index (χ0) is 15.2. The molecule has 0 aromatic carbocycles. The molecule has 0 unspecified atom stereocenters. The molecule has 0 radical (unpaired) electrons. The summed E-state index contributed by atoms with van der Waals surface area (Å²) in [5.74, 6) is -0.231. The van der Waals surface area contributed by atoms with Crippen molar-refractivity contribution < 1.29 is 18.7 Å². The zero-order valence-electron chi connectivity index (χ0n) is 10.9. The second-order valence-corrected chi connectivity index (χ2v) is 4.89. The van der Waals surface area contributed by atoms with Gasteiger partial charge in [0.05, 0.1) is 13.2 Å². The van der Waals surface area contributed by atoms with Gasteiger partial charge >= 0.3 is 0 Å². The van der Waals surface area contributed by atoms with Gasteiger partial charge in [-0.2, -0.15) is 16.1 Å². The van der Waals surface area contributed by atoms with E-state index in [9.17, 15) is 13.6 Å². The third-order valence-electron chi connectivity index (χ3n) is 2.59. The standard InChI is InChI=1S/C11H13F2N5O2S/c12-9(13)5-17(2-3-19)10(20)6-18-15-11(14-16-18)8-1-4-21-7-8/h1,4,7,9,19H,2-3,5-6H2. The molecule has 0 aliphatic carbocycles. The van der Waals surface area contributed by atoms with E-state index in [2.05, 4.69) is 15.4 Å². The smallest absolute Gasteiger partial charge is 0.255 e. The lowest BCUT2D eigenvalue weighted by atomic mass is 10.3. The molecule has 0 atom stereocenters. The number of hydrogen-bond donors (Lipinski definition) is 1. The van der Waals surface area contributed by atoms with Gasteiger partial charge in [-0.15, -0.1) is 10.2 Å². The third-order valence-corrected chi connectivity index (χ3v) is 3.27. The number of rotatable bonds is 7. The lowest BCUT2D eigenvalue weighted by Crippen LogP contribution is -2.39. The van der Waals surface area contributed by atoms with Crippen molar-refractivity contribution in [2.24, 2.45) is 0 Å². The zero-order valence-corrected chi connectivity index (χ0v) is 11.7. The Morgan fingerprint density at radius 3 is 2.95 bits per heavy atom. The molecule has 0 saturated carbocycles. The number of halogens is 2. The van der Waals surface area contributed by atoms with Crippen LogP contribution in [0, 0.1) is 0 Å². The molecule has 2 heterocycles. The number of hydrogen-bond acceptors (Lipinski definition) is 6. The van der Waals surface area contributed by atoms with Crippen LogP contribution < -0.4 is 0 Å². The van der Waals surface area contributed by atoms with Gasteiger partial charge in [0.15, 0.2) is 0 Å². The number of thiophene rings is 1. The highest BCUT2D eigenvalue weighted by molar-refractivity contribution is 7.08. The highest BCUT2D eigenvalue weighted by Gasteiger charge is 2.19. The summed E-state index contributed by atoms with van der Waals surface area (Å²) in [6, 6.07) is 1.81. The average molecular weight is 317 g/mol. The second-order valence-electron chi connectivity index (χ2n) is 4.11. The van der Waals surface area contributed by atoms with Gasteiger partial charge in [-0.1, -0.05) is 0 Å². The molecular formula is C11H13F2N5O2S. The van der Waals surface area contributed by atoms with Crippen molar-refractivity contribution in [1.29, 1.82) is 0 Å². The van der Waals surface area contributed by atoms with Crippen LogP contribution in [0.15, 0.2) is 16.8 Å². The van der Waals surface area contributed by atoms with Gasteiger partial charge in [-0.3, -0.25) is 4.79 Å². The Morgan fingerprint density at radius 1 is 1.52 bits per heavy atom. The van der Waals surface area contributed by atoms with Gasteiger partial charge in [0.25, 0.3) is 6.43 Å². The van der Waals surface area contributed by atoms with Crippen molar-refractivity contribution in [2.45, 2.75) is 13.0 Å². The maximum atomic E-state index is 12.4. The first-order valence-corrected chi connectivity index (χ1v) is 7.01. The van der Waals surface area contributed by atoms with E-state index in [4.69, 9.17) is 5.11 Å². The molecule has 2 aromatic heterocycles. The minimum absolute atomic E-state index is 0.157. The molecule has 2 rings (SSSR count). The summed E-state index contributed by atoms with van der Waals surface area (Å²) in [5.41, 5.74) is 0.776. The van der Waals surface area contributed by atoms with Crippen LogP contribution >= 0.6 is 11.3 Å². The number of nitrogens with zero attached hydrogens (tertiary/aromatic N) is 5. The Morgan fingerprint density at radius 2 is 2.33 bits per heavy atom. The summed E-state index contributed by atoms with van der Waals surface area (Å²) < 4.78 is 24.7. The number of alkyl halides is 2. The summed E-state index contributed by atoms with van der Waals surface area (Å²) in [7, 11) is 0. The number of aromatic nitrogens is 4. The van der Waals surface area contributed by atoms with E-state index in [-0.39, 0.29) is 19.7 Å². The van der Waals surface area contributed by atoms with Crippen LogP contribution in [0.4, 0.5) is 8.78 Å². The summed E-state index contributed by atoms with van der Waals surface area (Å²) in [6.07, 6.45) is -2.66. The van der Waals surface area contributed by atoms with Crippen LogP contribution in [0.25, 0.3) is 11.4 Å². The van der Waals surface area contributed by atoms with E-state index >= 15 is 0 Å². The Bertz CT molecular complexity index is 575. The molecule has 21 heavy (non-hydrogen) atoms. The fourth-order valence-electron chi connectivity index (χ4n) is 1.64. The maximum Gasteiger partial charge on any atom is 0.255 e. The minimum Gasteiger partial charge on any atom is -0.395 e. The summed E-state index contributed by atoms with van der Waals surface area (Å²) >= 11 is 1.47. The van der Waals surface area contributed by atoms with Crippen LogP contribution in [0.2, 0.25) is 0 Å². The normalized spacial score (nSPS) is 11.0. The van der Waals surface area contributed by atoms with Crippen molar-refractivity contribution in [2.75, 3.05) is 19.7 Å². The first-order chi connectivity index (χ1) is 10.1. The van der Waals surface area contributed by atoms with Crippen LogP contribution in [-0.4, -0.2) is 62.2 Å². The summed E-state index contributed by atoms with van der Waals surface area (Å²) in [4.78, 5) is 13.8. The molecule has 0 aliphatic rings.